The van der Waals surface area contributed by atoms with E-state index in [1.807, 2.05) is 19.0 Å². The minimum Gasteiger partial charge on any atom is -0.484 e. The van der Waals surface area contributed by atoms with Crippen LogP contribution in [0.4, 0.5) is 4.39 Å². The number of benzene rings is 1. The second kappa shape index (κ2) is 6.19. The van der Waals surface area contributed by atoms with Crippen molar-refractivity contribution in [3.63, 3.8) is 0 Å². The Bertz CT molecular complexity index is 481. The van der Waals surface area contributed by atoms with E-state index in [0.717, 1.165) is 0 Å². The number of aliphatic hydroxyl groups excluding tert-OH is 1. The number of ether oxygens (including phenoxy) is 1. The molecule has 2 atom stereocenters. The van der Waals surface area contributed by atoms with Gasteiger partial charge in [-0.1, -0.05) is 6.07 Å². The molecule has 1 saturated heterocycles. The van der Waals surface area contributed by atoms with E-state index < -0.39 is 11.9 Å². The van der Waals surface area contributed by atoms with Crippen molar-refractivity contribution in [1.82, 2.24) is 9.80 Å². The molecule has 0 unspecified atom stereocenters. The van der Waals surface area contributed by atoms with Crippen molar-refractivity contribution in [2.24, 2.45) is 0 Å². The average molecular weight is 282 g/mol. The Kier molecular flexibility index (Phi) is 4.57. The molecule has 1 heterocycles. The van der Waals surface area contributed by atoms with Gasteiger partial charge in [0.05, 0.1) is 12.1 Å². The Morgan fingerprint density at radius 3 is 2.85 bits per heavy atom. The summed E-state index contributed by atoms with van der Waals surface area (Å²) in [4.78, 5) is 15.5. The number of β-amino-alcohol motifs (C(OH)–C–C–N with tert-alkyl or cyclic N) is 1. The Morgan fingerprint density at radius 1 is 1.50 bits per heavy atom. The molecular weight excluding hydrogens is 263 g/mol. The zero-order valence-electron chi connectivity index (χ0n) is 11.6. The summed E-state index contributed by atoms with van der Waals surface area (Å²) >= 11 is 0. The zero-order valence-corrected chi connectivity index (χ0v) is 11.6. The standard InChI is InChI=1S/C14H19FN2O3/c1-16(2)12-7-17(8-13(12)18)14(19)9-20-11-5-3-4-10(15)6-11/h3-6,12-13,18H,7-9H2,1-2H3/t12-,13-/m1/s1. The lowest BCUT2D eigenvalue weighted by atomic mass is 10.2. The smallest absolute Gasteiger partial charge is 0.260 e. The van der Waals surface area contributed by atoms with Crippen LogP contribution in [0.15, 0.2) is 24.3 Å². The molecule has 1 aromatic rings. The number of carbonyl (C=O) groups excluding carboxylic acids is 1. The number of nitrogens with zero attached hydrogens (tertiary/aromatic N) is 2. The molecule has 0 radical (unpaired) electrons. The molecule has 20 heavy (non-hydrogen) atoms. The third-order valence-corrected chi connectivity index (χ3v) is 3.43. The SMILES string of the molecule is CN(C)[C@@H]1CN(C(=O)COc2cccc(F)c2)C[C@H]1O. The monoisotopic (exact) mass is 282 g/mol. The average Bonchev–Trinajstić information content (AvgIpc) is 2.78. The van der Waals surface area contributed by atoms with Gasteiger partial charge in [-0.2, -0.15) is 0 Å². The van der Waals surface area contributed by atoms with Gasteiger partial charge in [0.25, 0.3) is 5.91 Å². The molecule has 1 N–H and O–H groups in total. The van der Waals surface area contributed by atoms with Crippen molar-refractivity contribution < 1.29 is 19.0 Å². The van der Waals surface area contributed by atoms with Gasteiger partial charge in [0.1, 0.15) is 11.6 Å². The molecule has 1 aliphatic heterocycles. The number of likely N-dealkylation sites (N-methyl/N-ethyl adjacent to an activating group) is 1. The van der Waals surface area contributed by atoms with Crippen molar-refractivity contribution in [3.8, 4) is 5.75 Å². The Labute approximate surface area is 117 Å². The van der Waals surface area contributed by atoms with Crippen molar-refractivity contribution in [2.45, 2.75) is 12.1 Å². The van der Waals surface area contributed by atoms with Crippen LogP contribution in [-0.4, -0.2) is 66.8 Å². The van der Waals surface area contributed by atoms with Crippen molar-refractivity contribution in [3.05, 3.63) is 30.1 Å². The fraction of sp³-hybridized carbons (Fsp3) is 0.500. The maximum Gasteiger partial charge on any atom is 0.260 e. The molecule has 0 aliphatic carbocycles. The number of rotatable bonds is 4. The second-order valence-electron chi connectivity index (χ2n) is 5.14. The minimum absolute atomic E-state index is 0.0619. The van der Waals surface area contributed by atoms with Crippen LogP contribution in [0.5, 0.6) is 5.75 Å². The summed E-state index contributed by atoms with van der Waals surface area (Å²) in [5.74, 6) is -0.292. The summed E-state index contributed by atoms with van der Waals surface area (Å²) in [5.41, 5.74) is 0. The van der Waals surface area contributed by atoms with Gasteiger partial charge in [0, 0.05) is 19.2 Å². The highest BCUT2D eigenvalue weighted by Gasteiger charge is 2.35. The van der Waals surface area contributed by atoms with Crippen LogP contribution in [0.2, 0.25) is 0 Å². The lowest BCUT2D eigenvalue weighted by molar-refractivity contribution is -0.132. The molecule has 1 aliphatic rings. The first-order chi connectivity index (χ1) is 9.47. The van der Waals surface area contributed by atoms with E-state index in [1.54, 1.807) is 11.0 Å². The molecule has 5 nitrogen and oxygen atoms in total. The van der Waals surface area contributed by atoms with Crippen LogP contribution >= 0.6 is 0 Å². The van der Waals surface area contributed by atoms with Crippen LogP contribution in [0.3, 0.4) is 0 Å². The lowest BCUT2D eigenvalue weighted by Crippen LogP contribution is -2.38. The van der Waals surface area contributed by atoms with Gasteiger partial charge < -0.3 is 19.6 Å². The van der Waals surface area contributed by atoms with Crippen LogP contribution in [0.1, 0.15) is 0 Å². The predicted octanol–water partition coefficient (Wildman–Crippen LogP) is 0.338. The largest absolute Gasteiger partial charge is 0.484 e. The Balaban J connectivity index is 1.87. The van der Waals surface area contributed by atoms with Crippen LogP contribution in [0, 0.1) is 5.82 Å². The van der Waals surface area contributed by atoms with Gasteiger partial charge in [-0.05, 0) is 26.2 Å². The summed E-state index contributed by atoms with van der Waals surface area (Å²) in [5, 5.41) is 9.87. The number of aliphatic hydroxyl groups is 1. The van der Waals surface area contributed by atoms with E-state index in [0.29, 0.717) is 18.8 Å². The highest BCUT2D eigenvalue weighted by Crippen LogP contribution is 2.16. The van der Waals surface area contributed by atoms with Crippen molar-refractivity contribution in [2.75, 3.05) is 33.8 Å². The molecule has 0 bridgehead atoms. The normalized spacial score (nSPS) is 22.4. The first-order valence-corrected chi connectivity index (χ1v) is 6.48. The fourth-order valence-electron chi connectivity index (χ4n) is 2.27. The number of amides is 1. The highest BCUT2D eigenvalue weighted by molar-refractivity contribution is 5.78. The number of hydrogen-bond acceptors (Lipinski definition) is 4. The predicted molar refractivity (Wildman–Crippen MR) is 72.0 cm³/mol. The van der Waals surface area contributed by atoms with Gasteiger partial charge in [0.2, 0.25) is 0 Å². The van der Waals surface area contributed by atoms with Gasteiger partial charge in [-0.3, -0.25) is 4.79 Å². The topological polar surface area (TPSA) is 53.0 Å². The summed E-state index contributed by atoms with van der Waals surface area (Å²) in [6, 6.07) is 5.60. The Morgan fingerprint density at radius 2 is 2.25 bits per heavy atom. The second-order valence-corrected chi connectivity index (χ2v) is 5.14. The van der Waals surface area contributed by atoms with Gasteiger partial charge in [-0.25, -0.2) is 4.39 Å². The van der Waals surface area contributed by atoms with Gasteiger partial charge in [0.15, 0.2) is 6.61 Å². The fourth-order valence-corrected chi connectivity index (χ4v) is 2.27. The quantitative estimate of drug-likeness (QED) is 0.865. The molecular formula is C14H19FN2O3. The summed E-state index contributed by atoms with van der Waals surface area (Å²) in [6.07, 6.45) is -0.553. The molecule has 2 rings (SSSR count). The highest BCUT2D eigenvalue weighted by atomic mass is 19.1. The molecule has 0 aromatic heterocycles. The molecule has 0 saturated carbocycles. The minimum atomic E-state index is -0.553. The van der Waals surface area contributed by atoms with E-state index in [1.165, 1.54) is 18.2 Å². The Hall–Kier alpha value is -1.66. The van der Waals surface area contributed by atoms with E-state index in [-0.39, 0.29) is 18.6 Å². The number of halogens is 1. The number of hydrogen-bond donors (Lipinski definition) is 1. The van der Waals surface area contributed by atoms with Crippen molar-refractivity contribution >= 4 is 5.91 Å². The molecule has 1 fully saturated rings. The maximum absolute atomic E-state index is 13.0. The third-order valence-electron chi connectivity index (χ3n) is 3.43. The van der Waals surface area contributed by atoms with Crippen LogP contribution in [0.25, 0.3) is 0 Å². The van der Waals surface area contributed by atoms with Crippen LogP contribution in [-0.2, 0) is 4.79 Å². The summed E-state index contributed by atoms with van der Waals surface area (Å²) < 4.78 is 18.2. The first kappa shape index (κ1) is 14.7. The first-order valence-electron chi connectivity index (χ1n) is 6.48. The summed E-state index contributed by atoms with van der Waals surface area (Å²) in [7, 11) is 3.73. The zero-order chi connectivity index (χ0) is 14.7. The van der Waals surface area contributed by atoms with E-state index in [2.05, 4.69) is 0 Å². The van der Waals surface area contributed by atoms with E-state index in [4.69, 9.17) is 4.74 Å². The third kappa shape index (κ3) is 3.46. The molecule has 0 spiro atoms. The van der Waals surface area contributed by atoms with Gasteiger partial charge >= 0.3 is 0 Å². The molecule has 1 amide bonds. The van der Waals surface area contributed by atoms with E-state index in [9.17, 15) is 14.3 Å². The maximum atomic E-state index is 13.0. The molecule has 110 valence electrons. The van der Waals surface area contributed by atoms with Crippen LogP contribution < -0.4 is 4.74 Å². The molecule has 1 aromatic carbocycles. The number of carbonyl (C=O) groups is 1. The van der Waals surface area contributed by atoms with Gasteiger partial charge in [-0.15, -0.1) is 0 Å². The van der Waals surface area contributed by atoms with E-state index >= 15 is 0 Å². The summed E-state index contributed by atoms with van der Waals surface area (Å²) in [6.45, 7) is 0.615. The number of likely N-dealkylation sites (tertiary alicyclic amines) is 1. The lowest BCUT2D eigenvalue weighted by Gasteiger charge is -2.21. The van der Waals surface area contributed by atoms with Crippen molar-refractivity contribution in [1.29, 1.82) is 0 Å². The molecule has 6 heteroatoms.